The normalized spacial score (nSPS) is 18.1. The molecule has 0 spiro atoms. The first-order valence-electron chi connectivity index (χ1n) is 10.1. The number of carbonyl (C=O) groups is 1. The fourth-order valence-electron chi connectivity index (χ4n) is 3.99. The molecular formula is C23H28N2O3. The van der Waals surface area contributed by atoms with Crippen molar-refractivity contribution in [1.29, 1.82) is 0 Å². The second-order valence-corrected chi connectivity index (χ2v) is 7.56. The first kappa shape index (κ1) is 19.0. The largest absolute Gasteiger partial charge is 0.484 e. The molecule has 2 aromatic carbocycles. The van der Waals surface area contributed by atoms with E-state index in [0.29, 0.717) is 12.1 Å². The molecule has 2 aliphatic rings. The summed E-state index contributed by atoms with van der Waals surface area (Å²) in [4.78, 5) is 17.0. The van der Waals surface area contributed by atoms with Gasteiger partial charge in [-0.3, -0.25) is 9.69 Å². The SMILES string of the molecule is O=C(COc1ccccc1)N1CC(N(Cc2ccccc2)C2CCOCC2)C1. The van der Waals surface area contributed by atoms with Gasteiger partial charge in [0, 0.05) is 44.9 Å². The van der Waals surface area contributed by atoms with E-state index in [0.717, 1.165) is 51.4 Å². The molecule has 1 amide bonds. The maximum atomic E-state index is 12.5. The lowest BCUT2D eigenvalue weighted by Gasteiger charge is -2.49. The molecule has 2 fully saturated rings. The van der Waals surface area contributed by atoms with Crippen LogP contribution in [0.3, 0.4) is 0 Å². The van der Waals surface area contributed by atoms with Crippen LogP contribution in [-0.4, -0.2) is 60.7 Å². The van der Waals surface area contributed by atoms with E-state index < -0.39 is 0 Å². The summed E-state index contributed by atoms with van der Waals surface area (Å²) in [5.74, 6) is 0.799. The van der Waals surface area contributed by atoms with E-state index in [-0.39, 0.29) is 12.5 Å². The van der Waals surface area contributed by atoms with Crippen molar-refractivity contribution < 1.29 is 14.3 Å². The maximum Gasteiger partial charge on any atom is 0.260 e. The van der Waals surface area contributed by atoms with Crippen molar-refractivity contribution in [2.75, 3.05) is 32.9 Å². The van der Waals surface area contributed by atoms with Crippen LogP contribution < -0.4 is 4.74 Å². The molecule has 2 saturated heterocycles. The smallest absolute Gasteiger partial charge is 0.260 e. The number of carbonyl (C=O) groups excluding carboxylic acids is 1. The Morgan fingerprint density at radius 3 is 2.29 bits per heavy atom. The summed E-state index contributed by atoms with van der Waals surface area (Å²) in [5, 5.41) is 0. The van der Waals surface area contributed by atoms with Gasteiger partial charge >= 0.3 is 0 Å². The molecule has 148 valence electrons. The van der Waals surface area contributed by atoms with E-state index in [4.69, 9.17) is 9.47 Å². The molecule has 0 unspecified atom stereocenters. The lowest BCUT2D eigenvalue weighted by molar-refractivity contribution is -0.142. The van der Waals surface area contributed by atoms with Crippen LogP contribution in [0, 0.1) is 0 Å². The Labute approximate surface area is 166 Å². The highest BCUT2D eigenvalue weighted by Crippen LogP contribution is 2.25. The molecule has 2 aliphatic heterocycles. The fraction of sp³-hybridized carbons (Fsp3) is 0.435. The Bertz CT molecular complexity index is 741. The van der Waals surface area contributed by atoms with Gasteiger partial charge in [-0.05, 0) is 30.5 Å². The van der Waals surface area contributed by atoms with Gasteiger partial charge in [-0.1, -0.05) is 48.5 Å². The third-order valence-corrected chi connectivity index (χ3v) is 5.66. The van der Waals surface area contributed by atoms with Crippen molar-refractivity contribution in [3.63, 3.8) is 0 Å². The summed E-state index contributed by atoms with van der Waals surface area (Å²) in [7, 11) is 0. The predicted octanol–water partition coefficient (Wildman–Crippen LogP) is 2.96. The zero-order valence-electron chi connectivity index (χ0n) is 16.2. The lowest BCUT2D eigenvalue weighted by atomic mass is 9.98. The van der Waals surface area contributed by atoms with E-state index in [9.17, 15) is 4.79 Å². The first-order chi connectivity index (χ1) is 13.8. The third kappa shape index (κ3) is 4.72. The number of rotatable bonds is 7. The number of amides is 1. The summed E-state index contributed by atoms with van der Waals surface area (Å²) >= 11 is 0. The summed E-state index contributed by atoms with van der Waals surface area (Å²) in [6.07, 6.45) is 2.13. The molecule has 0 N–H and O–H groups in total. The Morgan fingerprint density at radius 1 is 0.964 bits per heavy atom. The van der Waals surface area contributed by atoms with Gasteiger partial charge in [-0.25, -0.2) is 0 Å². The van der Waals surface area contributed by atoms with Gasteiger partial charge in [-0.2, -0.15) is 0 Å². The van der Waals surface area contributed by atoms with Gasteiger partial charge in [0.2, 0.25) is 0 Å². The lowest BCUT2D eigenvalue weighted by Crippen LogP contribution is -2.63. The molecule has 28 heavy (non-hydrogen) atoms. The number of nitrogens with zero attached hydrogens (tertiary/aromatic N) is 2. The minimum Gasteiger partial charge on any atom is -0.484 e. The number of para-hydroxylation sites is 1. The van der Waals surface area contributed by atoms with Crippen LogP contribution in [0.25, 0.3) is 0 Å². The van der Waals surface area contributed by atoms with Crippen LogP contribution >= 0.6 is 0 Å². The molecule has 5 nitrogen and oxygen atoms in total. The highest BCUT2D eigenvalue weighted by atomic mass is 16.5. The summed E-state index contributed by atoms with van der Waals surface area (Å²) in [6.45, 7) is 4.25. The highest BCUT2D eigenvalue weighted by Gasteiger charge is 2.38. The molecule has 0 aliphatic carbocycles. The average molecular weight is 380 g/mol. The van der Waals surface area contributed by atoms with Crippen molar-refractivity contribution in [1.82, 2.24) is 9.80 Å². The molecule has 0 bridgehead atoms. The van der Waals surface area contributed by atoms with Crippen LogP contribution in [0.15, 0.2) is 60.7 Å². The average Bonchev–Trinajstić information content (AvgIpc) is 2.72. The van der Waals surface area contributed by atoms with Crippen LogP contribution in [-0.2, 0) is 16.1 Å². The molecule has 0 atom stereocenters. The van der Waals surface area contributed by atoms with E-state index in [1.54, 1.807) is 0 Å². The van der Waals surface area contributed by atoms with Gasteiger partial charge in [-0.15, -0.1) is 0 Å². The summed E-state index contributed by atoms with van der Waals surface area (Å²) in [5.41, 5.74) is 1.33. The Kier molecular flexibility index (Phi) is 6.24. The predicted molar refractivity (Wildman–Crippen MR) is 108 cm³/mol. The van der Waals surface area contributed by atoms with Gasteiger partial charge in [0.25, 0.3) is 5.91 Å². The molecule has 2 heterocycles. The standard InChI is InChI=1S/C23H28N2O3/c26-23(18-28-22-9-5-2-6-10-22)24-16-21(17-24)25(20-11-13-27-14-12-20)15-19-7-3-1-4-8-19/h1-10,20-21H,11-18H2. The van der Waals surface area contributed by atoms with Crippen molar-refractivity contribution in [2.24, 2.45) is 0 Å². The number of benzene rings is 2. The monoisotopic (exact) mass is 380 g/mol. The van der Waals surface area contributed by atoms with Crippen LogP contribution in [0.2, 0.25) is 0 Å². The molecule has 5 heteroatoms. The third-order valence-electron chi connectivity index (χ3n) is 5.66. The fourth-order valence-corrected chi connectivity index (χ4v) is 3.99. The molecule has 2 aromatic rings. The van der Waals surface area contributed by atoms with E-state index in [2.05, 4.69) is 35.2 Å². The second kappa shape index (κ2) is 9.22. The zero-order valence-corrected chi connectivity index (χ0v) is 16.2. The van der Waals surface area contributed by atoms with Crippen molar-refractivity contribution >= 4 is 5.91 Å². The van der Waals surface area contributed by atoms with Gasteiger partial charge in [0.05, 0.1) is 0 Å². The molecule has 0 aromatic heterocycles. The van der Waals surface area contributed by atoms with Crippen LogP contribution in [0.4, 0.5) is 0 Å². The number of hydrogen-bond acceptors (Lipinski definition) is 4. The summed E-state index contributed by atoms with van der Waals surface area (Å²) < 4.78 is 11.2. The van der Waals surface area contributed by atoms with Crippen molar-refractivity contribution in [3.05, 3.63) is 66.2 Å². The number of ether oxygens (including phenoxy) is 2. The maximum absolute atomic E-state index is 12.5. The van der Waals surface area contributed by atoms with Gasteiger partial charge in [0.15, 0.2) is 6.61 Å². The van der Waals surface area contributed by atoms with Gasteiger partial charge in [0.1, 0.15) is 5.75 Å². The second-order valence-electron chi connectivity index (χ2n) is 7.56. The molecule has 0 saturated carbocycles. The van der Waals surface area contributed by atoms with E-state index in [1.807, 2.05) is 35.2 Å². The zero-order chi connectivity index (χ0) is 19.2. The minimum atomic E-state index is 0.0618. The summed E-state index contributed by atoms with van der Waals surface area (Å²) in [6, 6.07) is 21.0. The molecule has 0 radical (unpaired) electrons. The van der Waals surface area contributed by atoms with Crippen LogP contribution in [0.5, 0.6) is 5.75 Å². The van der Waals surface area contributed by atoms with E-state index in [1.165, 1.54) is 5.56 Å². The van der Waals surface area contributed by atoms with Crippen molar-refractivity contribution in [2.45, 2.75) is 31.5 Å². The van der Waals surface area contributed by atoms with E-state index >= 15 is 0 Å². The Morgan fingerprint density at radius 2 is 1.61 bits per heavy atom. The quantitative estimate of drug-likeness (QED) is 0.741. The van der Waals surface area contributed by atoms with Crippen molar-refractivity contribution in [3.8, 4) is 5.75 Å². The first-order valence-corrected chi connectivity index (χ1v) is 10.1. The highest BCUT2D eigenvalue weighted by molar-refractivity contribution is 5.78. The molecular weight excluding hydrogens is 352 g/mol. The molecule has 4 rings (SSSR count). The van der Waals surface area contributed by atoms with Gasteiger partial charge < -0.3 is 14.4 Å². The Balaban J connectivity index is 1.32. The van der Waals surface area contributed by atoms with Crippen LogP contribution in [0.1, 0.15) is 18.4 Å². The number of hydrogen-bond donors (Lipinski definition) is 0. The topological polar surface area (TPSA) is 42.0 Å². The minimum absolute atomic E-state index is 0.0618. The Hall–Kier alpha value is -2.37. The number of likely N-dealkylation sites (tertiary alicyclic amines) is 1.